The number of hydrogen-bond donors (Lipinski definition) is 2. The van der Waals surface area contributed by atoms with Gasteiger partial charge in [-0.2, -0.15) is 5.10 Å². The van der Waals surface area contributed by atoms with E-state index < -0.39 is 0 Å². The van der Waals surface area contributed by atoms with Crippen LogP contribution in [0.1, 0.15) is 17.4 Å². The van der Waals surface area contributed by atoms with Crippen LogP contribution < -0.4 is 0 Å². The smallest absolute Gasteiger partial charge is 0.274 e. The number of hydrogen-bond acceptors (Lipinski definition) is 6. The normalized spacial score (nSPS) is 21.5. The van der Waals surface area contributed by atoms with Crippen LogP contribution in [0.25, 0.3) is 0 Å². The van der Waals surface area contributed by atoms with Crippen LogP contribution in [0.5, 0.6) is 0 Å². The molecule has 2 heterocycles. The molecule has 1 aliphatic heterocycles. The molecule has 1 aliphatic rings. The summed E-state index contributed by atoms with van der Waals surface area (Å²) in [5.74, 6) is 0.129. The predicted molar refractivity (Wildman–Crippen MR) is 81.2 cm³/mol. The van der Waals surface area contributed by atoms with Gasteiger partial charge in [-0.25, -0.2) is 0 Å². The number of carbonyl (C=O) groups excluding carboxylic acids is 1. The van der Waals surface area contributed by atoms with Crippen LogP contribution in [0.4, 0.5) is 0 Å². The minimum Gasteiger partial charge on any atom is -0.396 e. The first kappa shape index (κ1) is 16.8. The highest BCUT2D eigenvalue weighted by Crippen LogP contribution is 2.25. The summed E-state index contributed by atoms with van der Waals surface area (Å²) in [6.45, 7) is 5.58. The molecule has 1 saturated heterocycles. The first-order valence-corrected chi connectivity index (χ1v) is 7.70. The SMILES string of the molecule is CCN(CCO)C[C@@H]1CN(C(=O)c2cccnn2)C[C@@H]1CO. The molecule has 1 fully saturated rings. The molecule has 0 aromatic carbocycles. The summed E-state index contributed by atoms with van der Waals surface area (Å²) in [5, 5.41) is 26.3. The Morgan fingerprint density at radius 1 is 1.41 bits per heavy atom. The van der Waals surface area contributed by atoms with Gasteiger partial charge in [0.1, 0.15) is 0 Å². The number of rotatable bonds is 7. The van der Waals surface area contributed by atoms with E-state index in [1.807, 2.05) is 6.92 Å². The zero-order chi connectivity index (χ0) is 15.9. The second-order valence-electron chi connectivity index (χ2n) is 5.64. The van der Waals surface area contributed by atoms with Gasteiger partial charge in [-0.15, -0.1) is 5.10 Å². The molecule has 1 amide bonds. The van der Waals surface area contributed by atoms with Gasteiger partial charge in [0.25, 0.3) is 5.91 Å². The lowest BCUT2D eigenvalue weighted by Crippen LogP contribution is -2.36. The summed E-state index contributed by atoms with van der Waals surface area (Å²) < 4.78 is 0. The van der Waals surface area contributed by atoms with Gasteiger partial charge in [0.05, 0.1) is 6.61 Å². The Hall–Kier alpha value is -1.57. The van der Waals surface area contributed by atoms with Crippen molar-refractivity contribution in [2.24, 2.45) is 11.8 Å². The van der Waals surface area contributed by atoms with E-state index in [1.165, 1.54) is 6.20 Å². The third-order valence-electron chi connectivity index (χ3n) is 4.25. The topological polar surface area (TPSA) is 89.8 Å². The molecule has 122 valence electrons. The number of likely N-dealkylation sites (N-methyl/N-ethyl adjacent to an activating group) is 1. The number of carbonyl (C=O) groups is 1. The van der Waals surface area contributed by atoms with Crippen LogP contribution in [0.15, 0.2) is 18.3 Å². The molecule has 1 aromatic heterocycles. The zero-order valence-electron chi connectivity index (χ0n) is 12.9. The second-order valence-corrected chi connectivity index (χ2v) is 5.64. The fourth-order valence-corrected chi connectivity index (χ4v) is 2.95. The van der Waals surface area contributed by atoms with Crippen molar-refractivity contribution in [3.8, 4) is 0 Å². The van der Waals surface area contributed by atoms with E-state index in [4.69, 9.17) is 5.11 Å². The Morgan fingerprint density at radius 3 is 2.77 bits per heavy atom. The van der Waals surface area contributed by atoms with E-state index in [0.29, 0.717) is 25.3 Å². The maximum absolute atomic E-state index is 12.4. The van der Waals surface area contributed by atoms with Gasteiger partial charge < -0.3 is 20.0 Å². The second kappa shape index (κ2) is 8.17. The third-order valence-corrected chi connectivity index (χ3v) is 4.25. The molecule has 0 bridgehead atoms. The van der Waals surface area contributed by atoms with Crippen molar-refractivity contribution < 1.29 is 15.0 Å². The molecule has 0 spiro atoms. The first-order chi connectivity index (χ1) is 10.7. The lowest BCUT2D eigenvalue weighted by molar-refractivity contribution is 0.0771. The standard InChI is InChI=1S/C15H24N4O3/c1-2-18(6-7-20)8-12-9-19(10-13(12)11-21)15(22)14-4-3-5-16-17-14/h3-5,12-13,20-21H,2,6-11H2,1H3/t12-,13-/m1/s1. The molecule has 22 heavy (non-hydrogen) atoms. The number of aliphatic hydroxyl groups is 2. The number of amides is 1. The Balaban J connectivity index is 2.01. The van der Waals surface area contributed by atoms with Crippen molar-refractivity contribution in [3.63, 3.8) is 0 Å². The van der Waals surface area contributed by atoms with Gasteiger partial charge in [0, 0.05) is 44.9 Å². The summed E-state index contributed by atoms with van der Waals surface area (Å²) in [4.78, 5) is 16.3. The van der Waals surface area contributed by atoms with E-state index in [0.717, 1.165) is 13.1 Å². The largest absolute Gasteiger partial charge is 0.396 e. The van der Waals surface area contributed by atoms with Gasteiger partial charge in [-0.1, -0.05) is 6.92 Å². The van der Waals surface area contributed by atoms with Gasteiger partial charge in [0.15, 0.2) is 5.69 Å². The molecule has 0 unspecified atom stereocenters. The molecule has 0 aliphatic carbocycles. The Kier molecular flexibility index (Phi) is 6.23. The summed E-state index contributed by atoms with van der Waals surface area (Å²) in [6.07, 6.45) is 1.54. The third kappa shape index (κ3) is 4.00. The van der Waals surface area contributed by atoms with Gasteiger partial charge in [0.2, 0.25) is 0 Å². The predicted octanol–water partition coefficient (Wildman–Crippen LogP) is -0.529. The Labute approximate surface area is 130 Å². The molecular weight excluding hydrogens is 284 g/mol. The van der Waals surface area contributed by atoms with Gasteiger partial charge in [-0.05, 0) is 24.6 Å². The zero-order valence-corrected chi connectivity index (χ0v) is 12.9. The lowest BCUT2D eigenvalue weighted by atomic mass is 9.96. The van der Waals surface area contributed by atoms with E-state index in [2.05, 4.69) is 15.1 Å². The minimum absolute atomic E-state index is 0.0611. The van der Waals surface area contributed by atoms with Gasteiger partial charge >= 0.3 is 0 Å². The van der Waals surface area contributed by atoms with Crippen LogP contribution in [0, 0.1) is 11.8 Å². The van der Waals surface area contributed by atoms with Crippen LogP contribution in [0.3, 0.4) is 0 Å². The van der Waals surface area contributed by atoms with Crippen molar-refractivity contribution in [1.29, 1.82) is 0 Å². The summed E-state index contributed by atoms with van der Waals surface area (Å²) in [6, 6.07) is 3.35. The fraction of sp³-hybridized carbons (Fsp3) is 0.667. The number of likely N-dealkylation sites (tertiary alicyclic amines) is 1. The fourth-order valence-electron chi connectivity index (χ4n) is 2.95. The summed E-state index contributed by atoms with van der Waals surface area (Å²) >= 11 is 0. The molecule has 2 atom stereocenters. The highest BCUT2D eigenvalue weighted by Gasteiger charge is 2.36. The monoisotopic (exact) mass is 308 g/mol. The number of nitrogens with zero attached hydrogens (tertiary/aromatic N) is 4. The quantitative estimate of drug-likeness (QED) is 0.704. The molecule has 2 N–H and O–H groups in total. The Bertz CT molecular complexity index is 471. The van der Waals surface area contributed by atoms with E-state index >= 15 is 0 Å². The van der Waals surface area contributed by atoms with Crippen molar-refractivity contribution in [3.05, 3.63) is 24.0 Å². The maximum atomic E-state index is 12.4. The average molecular weight is 308 g/mol. The van der Waals surface area contributed by atoms with E-state index in [9.17, 15) is 9.90 Å². The van der Waals surface area contributed by atoms with Crippen LogP contribution in [-0.4, -0.2) is 82.1 Å². The van der Waals surface area contributed by atoms with E-state index in [-0.39, 0.29) is 31.0 Å². The molecule has 0 radical (unpaired) electrons. The van der Waals surface area contributed by atoms with Crippen LogP contribution in [-0.2, 0) is 0 Å². The number of aliphatic hydroxyl groups excluding tert-OH is 2. The van der Waals surface area contributed by atoms with Crippen molar-refractivity contribution in [2.75, 3.05) is 45.9 Å². The minimum atomic E-state index is -0.140. The van der Waals surface area contributed by atoms with Crippen molar-refractivity contribution in [2.45, 2.75) is 6.92 Å². The lowest BCUT2D eigenvalue weighted by Gasteiger charge is -2.25. The highest BCUT2D eigenvalue weighted by atomic mass is 16.3. The van der Waals surface area contributed by atoms with E-state index in [1.54, 1.807) is 17.0 Å². The summed E-state index contributed by atoms with van der Waals surface area (Å²) in [7, 11) is 0. The molecule has 0 saturated carbocycles. The molecular formula is C15H24N4O3. The summed E-state index contributed by atoms with van der Waals surface area (Å²) in [5.41, 5.74) is 0.336. The molecule has 2 rings (SSSR count). The molecule has 1 aromatic rings. The van der Waals surface area contributed by atoms with Crippen molar-refractivity contribution >= 4 is 5.91 Å². The first-order valence-electron chi connectivity index (χ1n) is 7.70. The molecule has 7 nitrogen and oxygen atoms in total. The highest BCUT2D eigenvalue weighted by molar-refractivity contribution is 5.92. The average Bonchev–Trinajstić information content (AvgIpc) is 2.97. The van der Waals surface area contributed by atoms with Gasteiger partial charge in [-0.3, -0.25) is 4.79 Å². The maximum Gasteiger partial charge on any atom is 0.274 e. The van der Waals surface area contributed by atoms with Crippen LogP contribution in [0.2, 0.25) is 0 Å². The molecule has 7 heteroatoms. The van der Waals surface area contributed by atoms with Crippen LogP contribution >= 0.6 is 0 Å². The Morgan fingerprint density at radius 2 is 2.18 bits per heavy atom. The van der Waals surface area contributed by atoms with Crippen molar-refractivity contribution in [1.82, 2.24) is 20.0 Å². The number of aromatic nitrogens is 2.